The van der Waals surface area contributed by atoms with Gasteiger partial charge in [0.1, 0.15) is 36.6 Å². The Morgan fingerprint density at radius 1 is 0.907 bits per heavy atom. The highest BCUT2D eigenvalue weighted by Gasteiger charge is 2.45. The Labute approximate surface area is 241 Å². The number of nitrogens with one attached hydrogen (secondary N) is 2. The summed E-state index contributed by atoms with van der Waals surface area (Å²) in [5.41, 5.74) is 0.311. The number of hydrogen-bond acceptors (Lipinski definition) is 11. The molecule has 1 aliphatic heterocycles. The molecule has 0 amide bonds. The Morgan fingerprint density at radius 3 is 2.40 bits per heavy atom. The molecule has 8 atom stereocenters. The van der Waals surface area contributed by atoms with E-state index in [1.165, 1.54) is 10.9 Å². The van der Waals surface area contributed by atoms with Gasteiger partial charge in [0.2, 0.25) is 5.95 Å². The summed E-state index contributed by atoms with van der Waals surface area (Å²) in [5, 5.41) is 72.3. The highest BCUT2D eigenvalue weighted by atomic mass is 16.6. The Kier molecular flexibility index (Phi) is 5.77. The molecule has 220 valence electrons. The maximum Gasteiger partial charge on any atom is 0.280 e. The van der Waals surface area contributed by atoms with Gasteiger partial charge in [0, 0.05) is 0 Å². The summed E-state index contributed by atoms with van der Waals surface area (Å²) in [6.45, 7) is -0.530. The summed E-state index contributed by atoms with van der Waals surface area (Å²) in [6.07, 6.45) is -8.19. The van der Waals surface area contributed by atoms with Gasteiger partial charge in [-0.25, -0.2) is 4.98 Å². The van der Waals surface area contributed by atoms with Crippen molar-refractivity contribution in [3.8, 4) is 0 Å². The van der Waals surface area contributed by atoms with Crippen LogP contribution in [-0.2, 0) is 4.74 Å². The van der Waals surface area contributed by atoms with Crippen LogP contribution in [0.2, 0.25) is 0 Å². The highest BCUT2D eigenvalue weighted by molar-refractivity contribution is 6.24. The monoisotopic (exact) mass is 585 g/mol. The summed E-state index contributed by atoms with van der Waals surface area (Å²) in [4.78, 5) is 24.3. The number of anilines is 1. The van der Waals surface area contributed by atoms with E-state index in [1.807, 2.05) is 48.5 Å². The van der Waals surface area contributed by atoms with Gasteiger partial charge in [0.05, 0.1) is 19.0 Å². The summed E-state index contributed by atoms with van der Waals surface area (Å²) in [6, 6.07) is 14.7. The number of ether oxygens (including phenoxy) is 1. The van der Waals surface area contributed by atoms with E-state index >= 15 is 0 Å². The third kappa shape index (κ3) is 3.67. The molecule has 43 heavy (non-hydrogen) atoms. The van der Waals surface area contributed by atoms with Crippen molar-refractivity contribution in [3.63, 3.8) is 0 Å². The van der Waals surface area contributed by atoms with Crippen LogP contribution < -0.4 is 10.9 Å². The molecule has 0 radical (unpaired) electrons. The SMILES string of the molecule is O=c1[nH]c(NC2c3c(cc4ccc5cccc6ccc3c4c56)C(O)C(O)C2O)nc2c1ncn2C1OC(CO)C(O)C1O. The lowest BCUT2D eigenvalue weighted by molar-refractivity contribution is -0.0767. The van der Waals surface area contributed by atoms with Gasteiger partial charge in [-0.1, -0.05) is 42.5 Å². The van der Waals surface area contributed by atoms with E-state index < -0.39 is 61.1 Å². The second-order valence-corrected chi connectivity index (χ2v) is 11.3. The van der Waals surface area contributed by atoms with Gasteiger partial charge in [0.15, 0.2) is 17.4 Å². The number of fused-ring (bicyclic) bond motifs is 3. The largest absolute Gasteiger partial charge is 0.394 e. The van der Waals surface area contributed by atoms with E-state index in [1.54, 1.807) is 0 Å². The standard InChI is InChI=1S/C30H27N5O8/c36-9-16-23(38)26(41)29(43-16)35-10-31-21-27(35)33-30(34-28(21)42)32-20-19-14-7-6-12-3-1-2-11-4-5-13(18(14)17(11)12)8-15(19)22(37)25(40)24(20)39/h1-8,10,16,20,22-26,29,36-41H,9H2,(H2,32,33,34,42). The van der Waals surface area contributed by atoms with E-state index in [2.05, 4.69) is 20.3 Å². The zero-order chi connectivity index (χ0) is 29.7. The Morgan fingerprint density at radius 2 is 1.65 bits per heavy atom. The first-order chi connectivity index (χ1) is 20.8. The minimum atomic E-state index is -1.54. The molecule has 0 spiro atoms. The second kappa shape index (κ2) is 9.39. The van der Waals surface area contributed by atoms with Crippen molar-refractivity contribution < 1.29 is 35.4 Å². The molecule has 8 unspecified atom stereocenters. The summed E-state index contributed by atoms with van der Waals surface area (Å²) >= 11 is 0. The molecule has 8 N–H and O–H groups in total. The molecule has 1 saturated heterocycles. The molecule has 3 heterocycles. The molecule has 0 saturated carbocycles. The third-order valence-electron chi connectivity index (χ3n) is 8.88. The van der Waals surface area contributed by atoms with E-state index in [-0.39, 0.29) is 17.1 Å². The Hall–Kier alpha value is -4.21. The Bertz CT molecular complexity index is 2080. The van der Waals surface area contributed by atoms with Crippen molar-refractivity contribution in [1.29, 1.82) is 0 Å². The predicted molar refractivity (Wildman–Crippen MR) is 155 cm³/mol. The minimum Gasteiger partial charge on any atom is -0.394 e. The number of aromatic nitrogens is 4. The molecule has 2 aromatic heterocycles. The average Bonchev–Trinajstić information content (AvgIpc) is 3.56. The number of nitrogens with zero attached hydrogens (tertiary/aromatic N) is 3. The van der Waals surface area contributed by atoms with Crippen LogP contribution in [0.15, 0.2) is 59.7 Å². The minimum absolute atomic E-state index is 0.0163. The number of H-pyrrole nitrogens is 1. The molecular weight excluding hydrogens is 558 g/mol. The van der Waals surface area contributed by atoms with Gasteiger partial charge in [-0.15, -0.1) is 0 Å². The van der Waals surface area contributed by atoms with Crippen molar-refractivity contribution in [2.24, 2.45) is 0 Å². The van der Waals surface area contributed by atoms with E-state index in [0.717, 1.165) is 32.3 Å². The van der Waals surface area contributed by atoms with Gasteiger partial charge in [0.25, 0.3) is 5.56 Å². The lowest BCUT2D eigenvalue weighted by Crippen LogP contribution is -2.44. The summed E-state index contributed by atoms with van der Waals surface area (Å²) in [7, 11) is 0. The van der Waals surface area contributed by atoms with Gasteiger partial charge in [-0.3, -0.25) is 14.3 Å². The van der Waals surface area contributed by atoms with Crippen LogP contribution in [0.4, 0.5) is 5.95 Å². The van der Waals surface area contributed by atoms with Crippen molar-refractivity contribution >= 4 is 49.4 Å². The molecule has 13 heteroatoms. The summed E-state index contributed by atoms with van der Waals surface area (Å²) in [5.74, 6) is -0.0738. The fourth-order valence-electron chi connectivity index (χ4n) is 6.78. The number of imidazole rings is 1. The van der Waals surface area contributed by atoms with Crippen molar-refractivity contribution in [2.45, 2.75) is 48.9 Å². The number of rotatable bonds is 4. The molecule has 8 rings (SSSR count). The number of aliphatic hydroxyl groups is 6. The first-order valence-corrected chi connectivity index (χ1v) is 13.9. The molecule has 4 aromatic carbocycles. The Balaban J connectivity index is 1.29. The third-order valence-corrected chi connectivity index (χ3v) is 8.88. The first-order valence-electron chi connectivity index (χ1n) is 13.9. The van der Waals surface area contributed by atoms with E-state index in [0.29, 0.717) is 11.1 Å². The molecule has 0 bridgehead atoms. The number of hydrogen-bond donors (Lipinski definition) is 8. The number of benzene rings is 4. The maximum atomic E-state index is 13.1. The molecule has 6 aromatic rings. The fraction of sp³-hybridized carbons (Fsp3) is 0.300. The van der Waals surface area contributed by atoms with Gasteiger partial charge in [-0.05, 0) is 49.5 Å². The highest BCUT2D eigenvalue weighted by Crippen LogP contribution is 2.46. The van der Waals surface area contributed by atoms with Gasteiger partial charge < -0.3 is 40.7 Å². The lowest BCUT2D eigenvalue weighted by atomic mass is 9.77. The molecule has 2 aliphatic rings. The number of aliphatic hydroxyl groups excluding tert-OH is 6. The zero-order valence-corrected chi connectivity index (χ0v) is 22.4. The topological polar surface area (TPSA) is 206 Å². The average molecular weight is 586 g/mol. The van der Waals surface area contributed by atoms with E-state index in [9.17, 15) is 35.4 Å². The van der Waals surface area contributed by atoms with Crippen LogP contribution in [0.5, 0.6) is 0 Å². The van der Waals surface area contributed by atoms with Crippen LogP contribution in [-0.4, -0.2) is 87.3 Å². The molecule has 1 aliphatic carbocycles. The van der Waals surface area contributed by atoms with Crippen LogP contribution in [0.1, 0.15) is 29.5 Å². The summed E-state index contributed by atoms with van der Waals surface area (Å²) < 4.78 is 6.90. The van der Waals surface area contributed by atoms with Crippen LogP contribution in [0.3, 0.4) is 0 Å². The fourth-order valence-corrected chi connectivity index (χ4v) is 6.78. The van der Waals surface area contributed by atoms with Gasteiger partial charge in [-0.2, -0.15) is 4.98 Å². The number of aromatic amines is 1. The zero-order valence-electron chi connectivity index (χ0n) is 22.4. The first kappa shape index (κ1) is 26.4. The quantitative estimate of drug-likeness (QED) is 0.134. The van der Waals surface area contributed by atoms with Crippen LogP contribution in [0, 0.1) is 0 Å². The van der Waals surface area contributed by atoms with Crippen LogP contribution >= 0.6 is 0 Å². The normalized spacial score (nSPS) is 29.3. The van der Waals surface area contributed by atoms with Crippen molar-refractivity contribution in [1.82, 2.24) is 19.5 Å². The molecule has 1 fully saturated rings. The van der Waals surface area contributed by atoms with Crippen molar-refractivity contribution in [2.75, 3.05) is 11.9 Å². The van der Waals surface area contributed by atoms with Crippen molar-refractivity contribution in [3.05, 3.63) is 76.3 Å². The maximum absolute atomic E-state index is 13.1. The molecule has 13 nitrogen and oxygen atoms in total. The smallest absolute Gasteiger partial charge is 0.280 e. The second-order valence-electron chi connectivity index (χ2n) is 11.3. The van der Waals surface area contributed by atoms with E-state index in [4.69, 9.17) is 4.74 Å². The van der Waals surface area contributed by atoms with Gasteiger partial charge >= 0.3 is 0 Å². The molecular formula is C30H27N5O8. The predicted octanol–water partition coefficient (Wildman–Crippen LogP) is 0.550. The van der Waals surface area contributed by atoms with Crippen LogP contribution in [0.25, 0.3) is 43.5 Å². The lowest BCUT2D eigenvalue weighted by Gasteiger charge is -2.38.